The molecule has 3 aromatic heterocycles. The molecule has 0 amide bonds. The standard InChI is InChI=1S/C30H23N2OP/c1-20-14-15-31-29(16-20)33-24-7-5-6-22(17-24)23-11-12-26-25-8-3-4-9-27(25)34(28(26)18-23)30-13-10-21(2)19-32-30/h3-19H,1-2H3. The van der Waals surface area contributed by atoms with Crippen molar-refractivity contribution in [2.75, 3.05) is 0 Å². The molecule has 34 heavy (non-hydrogen) atoms. The quantitative estimate of drug-likeness (QED) is 0.265. The lowest BCUT2D eigenvalue weighted by molar-refractivity contribution is 0.462. The molecular weight excluding hydrogens is 435 g/mol. The van der Waals surface area contributed by atoms with Crippen LogP contribution >= 0.6 is 7.53 Å². The highest BCUT2D eigenvalue weighted by Crippen LogP contribution is 2.54. The van der Waals surface area contributed by atoms with Crippen molar-refractivity contribution in [3.05, 3.63) is 115 Å². The number of aromatic nitrogens is 2. The van der Waals surface area contributed by atoms with E-state index in [1.165, 1.54) is 32.1 Å². The fourth-order valence-corrected chi connectivity index (χ4v) is 6.94. The molecule has 6 rings (SSSR count). The number of aryl methyl sites for hydroxylation is 2. The summed E-state index contributed by atoms with van der Waals surface area (Å²) in [5.74, 6) is 1.39. The van der Waals surface area contributed by atoms with Crippen LogP contribution in [0.4, 0.5) is 0 Å². The average Bonchev–Trinajstić information content (AvgIpc) is 3.18. The van der Waals surface area contributed by atoms with Gasteiger partial charge in [0.2, 0.25) is 5.88 Å². The number of ether oxygens (including phenoxy) is 1. The second kappa shape index (κ2) is 8.44. The SMILES string of the molecule is Cc1ccc(-p2c3ccccc3c3ccc(-c4cccc(Oc5cc(C)ccn5)c4)cc32)nc1. The zero-order valence-electron chi connectivity index (χ0n) is 19.1. The third-order valence-electron chi connectivity index (χ3n) is 6.08. The van der Waals surface area contributed by atoms with Crippen LogP contribution in [0.15, 0.2) is 103 Å². The molecule has 0 aliphatic heterocycles. The maximum Gasteiger partial charge on any atom is 0.219 e. The van der Waals surface area contributed by atoms with Crippen LogP contribution < -0.4 is 4.74 Å². The summed E-state index contributed by atoms with van der Waals surface area (Å²) in [7, 11) is -0.694. The number of fused-ring (bicyclic) bond motifs is 3. The van der Waals surface area contributed by atoms with Gasteiger partial charge in [0, 0.05) is 28.7 Å². The van der Waals surface area contributed by atoms with Gasteiger partial charge in [0.15, 0.2) is 0 Å². The first-order chi connectivity index (χ1) is 16.7. The van der Waals surface area contributed by atoms with E-state index in [0.717, 1.165) is 22.3 Å². The molecule has 3 aromatic carbocycles. The summed E-state index contributed by atoms with van der Waals surface area (Å²) in [4.78, 5) is 9.16. The van der Waals surface area contributed by atoms with Gasteiger partial charge in [-0.15, -0.1) is 0 Å². The summed E-state index contributed by atoms with van der Waals surface area (Å²) >= 11 is 0. The zero-order valence-corrected chi connectivity index (χ0v) is 20.0. The van der Waals surface area contributed by atoms with Gasteiger partial charge in [-0.3, -0.25) is 4.98 Å². The molecule has 4 heteroatoms. The normalized spacial score (nSPS) is 11.8. The van der Waals surface area contributed by atoms with E-state index in [0.29, 0.717) is 5.88 Å². The Kier molecular flexibility index (Phi) is 5.13. The number of nitrogens with zero attached hydrogens (tertiary/aromatic N) is 2. The summed E-state index contributed by atoms with van der Waals surface area (Å²) in [6.07, 6.45) is 3.75. The lowest BCUT2D eigenvalue weighted by Gasteiger charge is -2.09. The van der Waals surface area contributed by atoms with Gasteiger partial charge in [-0.1, -0.05) is 56.1 Å². The Morgan fingerprint density at radius 3 is 2.35 bits per heavy atom. The predicted molar refractivity (Wildman–Crippen MR) is 143 cm³/mol. The van der Waals surface area contributed by atoms with E-state index >= 15 is 0 Å². The van der Waals surface area contributed by atoms with Crippen LogP contribution in [0.3, 0.4) is 0 Å². The number of pyridine rings is 2. The number of hydrogen-bond donors (Lipinski definition) is 0. The lowest BCUT2D eigenvalue weighted by atomic mass is 10.0. The van der Waals surface area contributed by atoms with Crippen molar-refractivity contribution < 1.29 is 4.74 Å². The van der Waals surface area contributed by atoms with Crippen LogP contribution in [-0.4, -0.2) is 9.97 Å². The minimum absolute atomic E-state index is 0.607. The molecule has 164 valence electrons. The van der Waals surface area contributed by atoms with Crippen LogP contribution in [-0.2, 0) is 0 Å². The first-order valence-electron chi connectivity index (χ1n) is 11.3. The van der Waals surface area contributed by atoms with Gasteiger partial charge in [-0.05, 0) is 83.3 Å². The summed E-state index contributed by atoms with van der Waals surface area (Å²) in [6, 6.07) is 32.0. The van der Waals surface area contributed by atoms with Gasteiger partial charge in [0.1, 0.15) is 5.75 Å². The van der Waals surface area contributed by atoms with Crippen LogP contribution in [0.1, 0.15) is 11.1 Å². The van der Waals surface area contributed by atoms with Crippen LogP contribution in [0.2, 0.25) is 0 Å². The maximum atomic E-state index is 6.05. The van der Waals surface area contributed by atoms with Crippen molar-refractivity contribution in [3.63, 3.8) is 0 Å². The highest BCUT2D eigenvalue weighted by atomic mass is 31.1. The van der Waals surface area contributed by atoms with E-state index in [2.05, 4.69) is 78.6 Å². The molecule has 0 aliphatic rings. The highest BCUT2D eigenvalue weighted by molar-refractivity contribution is 7.67. The van der Waals surface area contributed by atoms with Gasteiger partial charge >= 0.3 is 0 Å². The van der Waals surface area contributed by atoms with E-state index in [9.17, 15) is 0 Å². The van der Waals surface area contributed by atoms with Gasteiger partial charge in [-0.2, -0.15) is 0 Å². The third kappa shape index (κ3) is 3.75. The summed E-state index contributed by atoms with van der Waals surface area (Å²) in [5.41, 5.74) is 5.74. The van der Waals surface area contributed by atoms with Crippen molar-refractivity contribution in [3.8, 4) is 28.2 Å². The number of hydrogen-bond acceptors (Lipinski definition) is 3. The van der Waals surface area contributed by atoms with Crippen molar-refractivity contribution in [1.82, 2.24) is 9.97 Å². The Morgan fingerprint density at radius 1 is 0.647 bits per heavy atom. The first-order valence-corrected chi connectivity index (χ1v) is 12.7. The maximum absolute atomic E-state index is 6.05. The molecule has 1 unspecified atom stereocenters. The Morgan fingerprint density at radius 2 is 1.50 bits per heavy atom. The van der Waals surface area contributed by atoms with E-state index in [-0.39, 0.29) is 0 Å². The van der Waals surface area contributed by atoms with Gasteiger partial charge in [0.05, 0.1) is 5.44 Å². The van der Waals surface area contributed by atoms with Gasteiger partial charge < -0.3 is 4.74 Å². The Balaban J connectivity index is 1.48. The second-order valence-electron chi connectivity index (χ2n) is 8.58. The third-order valence-corrected chi connectivity index (χ3v) is 8.53. The van der Waals surface area contributed by atoms with E-state index < -0.39 is 7.53 Å². The Hall–Kier alpha value is -3.94. The monoisotopic (exact) mass is 458 g/mol. The molecular formula is C30H23N2OP. The average molecular weight is 459 g/mol. The van der Waals surface area contributed by atoms with E-state index in [4.69, 9.17) is 9.72 Å². The molecule has 0 saturated heterocycles. The fraction of sp³-hybridized carbons (Fsp3) is 0.0667. The van der Waals surface area contributed by atoms with Gasteiger partial charge in [-0.25, -0.2) is 4.98 Å². The molecule has 3 heterocycles. The van der Waals surface area contributed by atoms with Crippen molar-refractivity contribution in [1.29, 1.82) is 0 Å². The summed E-state index contributed by atoms with van der Waals surface area (Å²) in [6.45, 7) is 4.12. The molecule has 0 saturated carbocycles. The fourth-order valence-electron chi connectivity index (χ4n) is 4.41. The first kappa shape index (κ1) is 20.7. The molecule has 0 bridgehead atoms. The smallest absolute Gasteiger partial charge is 0.219 e. The second-order valence-corrected chi connectivity index (χ2v) is 10.7. The van der Waals surface area contributed by atoms with Crippen LogP contribution in [0.5, 0.6) is 11.6 Å². The van der Waals surface area contributed by atoms with Gasteiger partial charge in [0.25, 0.3) is 0 Å². The molecule has 0 N–H and O–H groups in total. The zero-order chi connectivity index (χ0) is 23.1. The number of rotatable bonds is 4. The van der Waals surface area contributed by atoms with Crippen LogP contribution in [0.25, 0.3) is 37.6 Å². The lowest BCUT2D eigenvalue weighted by Crippen LogP contribution is -1.88. The molecule has 3 nitrogen and oxygen atoms in total. The summed E-state index contributed by atoms with van der Waals surface area (Å²) in [5, 5.41) is 5.37. The molecule has 0 spiro atoms. The number of benzene rings is 3. The topological polar surface area (TPSA) is 35.0 Å². The highest BCUT2D eigenvalue weighted by Gasteiger charge is 2.15. The molecule has 1 atom stereocenters. The molecule has 0 aliphatic carbocycles. The van der Waals surface area contributed by atoms with Crippen molar-refractivity contribution >= 4 is 28.5 Å². The van der Waals surface area contributed by atoms with Crippen molar-refractivity contribution in [2.45, 2.75) is 13.8 Å². The molecule has 0 radical (unpaired) electrons. The predicted octanol–water partition coefficient (Wildman–Crippen LogP) is 8.83. The van der Waals surface area contributed by atoms with Crippen molar-refractivity contribution in [2.24, 2.45) is 0 Å². The van der Waals surface area contributed by atoms with Crippen LogP contribution in [0, 0.1) is 13.8 Å². The minimum Gasteiger partial charge on any atom is -0.439 e. The summed E-state index contributed by atoms with van der Waals surface area (Å²) < 4.78 is 6.05. The van der Waals surface area contributed by atoms with E-state index in [1.54, 1.807) is 6.20 Å². The van der Waals surface area contributed by atoms with E-state index in [1.807, 2.05) is 37.4 Å². The largest absolute Gasteiger partial charge is 0.439 e. The minimum atomic E-state index is -0.694. The Labute approximate surface area is 199 Å². The molecule has 0 fully saturated rings. The Bertz CT molecular complexity index is 1650. The molecule has 6 aromatic rings.